The number of hydrogen-bond donors (Lipinski definition) is 3. The van der Waals surface area contributed by atoms with Crippen molar-refractivity contribution in [3.8, 4) is 0 Å². The van der Waals surface area contributed by atoms with E-state index in [4.69, 9.17) is 21.1 Å². The number of pyridine rings is 1. The molecule has 0 amide bonds. The number of benzene rings is 2. The summed E-state index contributed by atoms with van der Waals surface area (Å²) in [6.45, 7) is 10.8. The molecule has 0 aliphatic heterocycles. The summed E-state index contributed by atoms with van der Waals surface area (Å²) in [5.74, 6) is 1.81. The maximum atomic E-state index is 13.3. The van der Waals surface area contributed by atoms with Gasteiger partial charge >= 0.3 is 0 Å². The summed E-state index contributed by atoms with van der Waals surface area (Å²) < 4.78 is 19.5. The number of aldehydes is 1. The van der Waals surface area contributed by atoms with E-state index in [1.807, 2.05) is 57.2 Å². The van der Waals surface area contributed by atoms with Crippen LogP contribution in [0.2, 0.25) is 5.02 Å². The van der Waals surface area contributed by atoms with E-state index in [9.17, 15) is 9.18 Å². The van der Waals surface area contributed by atoms with Gasteiger partial charge in [-0.3, -0.25) is 4.79 Å². The zero-order valence-electron chi connectivity index (χ0n) is 28.4. The summed E-state index contributed by atoms with van der Waals surface area (Å²) in [5, 5.41) is 17.9. The van der Waals surface area contributed by atoms with Gasteiger partial charge in [-0.2, -0.15) is 5.10 Å². The van der Waals surface area contributed by atoms with Crippen LogP contribution in [0, 0.1) is 24.6 Å². The van der Waals surface area contributed by atoms with Crippen LogP contribution in [0.5, 0.6) is 0 Å². The molecule has 258 valence electrons. The number of nitrogens with one attached hydrogen (secondary N) is 3. The third-order valence-electron chi connectivity index (χ3n) is 7.83. The maximum Gasteiger partial charge on any atom is 0.241 e. The summed E-state index contributed by atoms with van der Waals surface area (Å²) >= 11 is 6.27. The van der Waals surface area contributed by atoms with Crippen molar-refractivity contribution in [1.29, 1.82) is 0 Å². The van der Waals surface area contributed by atoms with Crippen LogP contribution in [-0.2, 0) is 20.7 Å². The number of halogens is 2. The Hall–Kier alpha value is -4.57. The fraction of sp³-hybridized carbons (Fsp3) is 0.378. The molecule has 4 rings (SSSR count). The van der Waals surface area contributed by atoms with Gasteiger partial charge in [0.05, 0.1) is 18.0 Å². The van der Waals surface area contributed by atoms with E-state index in [0.29, 0.717) is 47.3 Å². The first-order chi connectivity index (χ1) is 23.3. The third-order valence-corrected chi connectivity index (χ3v) is 8.06. The highest BCUT2D eigenvalue weighted by Crippen LogP contribution is 2.30. The van der Waals surface area contributed by atoms with Gasteiger partial charge in [-0.25, -0.2) is 9.37 Å². The first kappa shape index (κ1) is 39.6. The molecule has 1 aliphatic carbocycles. The number of aryl methyl sites for hydroxylation is 2. The van der Waals surface area contributed by atoms with Crippen LogP contribution >= 0.6 is 11.6 Å². The minimum Gasteiger partial charge on any atom is -0.476 e. The summed E-state index contributed by atoms with van der Waals surface area (Å²) in [6.07, 6.45) is 6.89. The lowest BCUT2D eigenvalue weighted by molar-refractivity contribution is -0.105. The Morgan fingerprint density at radius 3 is 2.44 bits per heavy atom. The average Bonchev–Trinajstić information content (AvgIpc) is 3.11. The summed E-state index contributed by atoms with van der Waals surface area (Å²) in [6, 6.07) is 17.7. The molecule has 1 saturated carbocycles. The van der Waals surface area contributed by atoms with E-state index in [1.54, 1.807) is 19.2 Å². The van der Waals surface area contributed by atoms with Gasteiger partial charge in [-0.1, -0.05) is 43.5 Å². The molecule has 1 fully saturated rings. The van der Waals surface area contributed by atoms with Gasteiger partial charge in [0, 0.05) is 49.2 Å². The predicted molar refractivity (Wildman–Crippen MR) is 195 cm³/mol. The van der Waals surface area contributed by atoms with Crippen LogP contribution < -0.4 is 16.0 Å². The Bertz CT molecular complexity index is 1500. The molecule has 2 atom stereocenters. The number of anilines is 1. The van der Waals surface area contributed by atoms with Crippen molar-refractivity contribution in [2.24, 2.45) is 22.0 Å². The second kappa shape index (κ2) is 22.1. The summed E-state index contributed by atoms with van der Waals surface area (Å²) in [5.41, 5.74) is 4.88. The van der Waals surface area contributed by atoms with Crippen molar-refractivity contribution in [1.82, 2.24) is 15.6 Å². The van der Waals surface area contributed by atoms with Gasteiger partial charge in [0.2, 0.25) is 5.90 Å². The number of hydrogen-bond acceptors (Lipinski definition) is 9. The van der Waals surface area contributed by atoms with Gasteiger partial charge in [0.1, 0.15) is 18.4 Å². The van der Waals surface area contributed by atoms with Crippen molar-refractivity contribution >= 4 is 48.8 Å². The molecule has 1 aromatic heterocycles. The Morgan fingerprint density at radius 2 is 1.83 bits per heavy atom. The van der Waals surface area contributed by atoms with Crippen molar-refractivity contribution in [2.45, 2.75) is 52.4 Å². The molecule has 2 unspecified atom stereocenters. The quantitative estimate of drug-likeness (QED) is 0.0574. The van der Waals surface area contributed by atoms with Crippen molar-refractivity contribution in [3.05, 3.63) is 99.6 Å². The van der Waals surface area contributed by atoms with E-state index in [0.717, 1.165) is 73.0 Å². The van der Waals surface area contributed by atoms with Crippen LogP contribution in [0.3, 0.4) is 0 Å². The van der Waals surface area contributed by atoms with E-state index >= 15 is 0 Å². The average molecular weight is 679 g/mol. The molecule has 11 heteroatoms. The van der Waals surface area contributed by atoms with Crippen molar-refractivity contribution in [2.75, 3.05) is 32.6 Å². The number of carbonyl (C=O) groups is 2. The number of nitrogens with zero attached hydrogens (tertiary/aromatic N) is 3. The van der Waals surface area contributed by atoms with E-state index in [-0.39, 0.29) is 5.82 Å². The Balaban J connectivity index is 0.000000620. The fourth-order valence-corrected chi connectivity index (χ4v) is 5.74. The third kappa shape index (κ3) is 12.9. The predicted octanol–water partition coefficient (Wildman–Crippen LogP) is 7.24. The minimum absolute atomic E-state index is 0.315. The maximum absolute atomic E-state index is 13.3. The summed E-state index contributed by atoms with van der Waals surface area (Å²) in [4.78, 5) is 24.0. The molecule has 0 bridgehead atoms. The topological polar surface area (TPSA) is 117 Å². The van der Waals surface area contributed by atoms with Crippen LogP contribution in [0.4, 0.5) is 10.2 Å². The molecule has 1 heterocycles. The second-order valence-corrected chi connectivity index (χ2v) is 11.7. The SMILES string of the molecule is C=N/N=C(\OCC1CCCC(CN/C(C=O)=C(/NC)c2ccc(F)cc2)C1)c1cc(Cl)ccc1CCC.C=O.CNc1cccc(C)n1. The molecule has 48 heavy (non-hydrogen) atoms. The molecule has 0 saturated heterocycles. The molecule has 2 aromatic carbocycles. The molecule has 1 aliphatic rings. The largest absolute Gasteiger partial charge is 0.476 e. The minimum atomic E-state index is -0.315. The van der Waals surface area contributed by atoms with Crippen LogP contribution in [0.15, 0.2) is 76.6 Å². The smallest absolute Gasteiger partial charge is 0.241 e. The number of rotatable bonds is 13. The molecule has 9 nitrogen and oxygen atoms in total. The van der Waals surface area contributed by atoms with Gasteiger partial charge in [-0.15, -0.1) is 5.10 Å². The highest BCUT2D eigenvalue weighted by Gasteiger charge is 2.24. The first-order valence-corrected chi connectivity index (χ1v) is 16.4. The molecular weight excluding hydrogens is 631 g/mol. The van der Waals surface area contributed by atoms with E-state index in [2.05, 4.69) is 44.8 Å². The lowest BCUT2D eigenvalue weighted by Crippen LogP contribution is -2.30. The normalized spacial score (nSPS) is 16.1. The Labute approximate surface area is 289 Å². The van der Waals surface area contributed by atoms with E-state index < -0.39 is 0 Å². The fourth-order valence-electron chi connectivity index (χ4n) is 5.57. The lowest BCUT2D eigenvalue weighted by atomic mass is 9.81. The highest BCUT2D eigenvalue weighted by atomic mass is 35.5. The first-order valence-electron chi connectivity index (χ1n) is 16.0. The van der Waals surface area contributed by atoms with Crippen LogP contribution in [0.1, 0.15) is 61.4 Å². The Kier molecular flexibility index (Phi) is 18.2. The Morgan fingerprint density at radius 1 is 1.10 bits per heavy atom. The molecule has 3 N–H and O–H groups in total. The molecular formula is C37H48ClFN6O3. The number of carbonyl (C=O) groups excluding carboxylic acids is 2. The monoisotopic (exact) mass is 678 g/mol. The van der Waals surface area contributed by atoms with Gasteiger partial charge in [0.15, 0.2) is 6.29 Å². The number of allylic oxidation sites excluding steroid dienone is 1. The lowest BCUT2D eigenvalue weighted by Gasteiger charge is -2.30. The summed E-state index contributed by atoms with van der Waals surface area (Å²) in [7, 11) is 3.61. The van der Waals surface area contributed by atoms with Gasteiger partial charge in [0.25, 0.3) is 0 Å². The van der Waals surface area contributed by atoms with Crippen LogP contribution in [-0.4, -0.2) is 57.9 Å². The van der Waals surface area contributed by atoms with Crippen LogP contribution in [0.25, 0.3) is 5.70 Å². The van der Waals surface area contributed by atoms with Crippen molar-refractivity contribution in [3.63, 3.8) is 0 Å². The van der Waals surface area contributed by atoms with E-state index in [1.165, 1.54) is 12.1 Å². The second-order valence-electron chi connectivity index (χ2n) is 11.3. The van der Waals surface area contributed by atoms with Crippen molar-refractivity contribution < 1.29 is 18.7 Å². The van der Waals surface area contributed by atoms with Gasteiger partial charge in [-0.05, 0) is 98.5 Å². The number of aromatic nitrogens is 1. The zero-order chi connectivity index (χ0) is 35.3. The highest BCUT2D eigenvalue weighted by molar-refractivity contribution is 6.31. The molecule has 0 spiro atoms. The standard InChI is InChI=1S/C29H36ClFN4O2.C7H10N2.CH2O/c1-4-6-22-9-12-24(30)16-26(22)29(35-33-3)37-19-21-8-5-7-20(15-21)17-34-27(18-36)28(32-2)23-10-13-25(31)14-11-23;1-6-4-3-5-7(8-2)9-6;1-2/h9-14,16,18,20-21,32,34H,3-8,15,17,19H2,1-2H3;3-5H,1-2H3,(H,8,9);1H2/b28-27+,35-29-;;. The zero-order valence-corrected chi connectivity index (χ0v) is 29.2. The van der Waals surface area contributed by atoms with Gasteiger partial charge < -0.3 is 25.5 Å². The molecule has 3 aromatic rings. The molecule has 0 radical (unpaired) electrons. The number of ether oxygens (including phenoxy) is 1.